The summed E-state index contributed by atoms with van der Waals surface area (Å²) >= 11 is 0. The molecule has 0 saturated carbocycles. The van der Waals surface area contributed by atoms with Crippen LogP contribution in [0.2, 0.25) is 0 Å². The van der Waals surface area contributed by atoms with Crippen LogP contribution in [0.3, 0.4) is 0 Å². The van der Waals surface area contributed by atoms with Gasteiger partial charge in [0.2, 0.25) is 0 Å². The van der Waals surface area contributed by atoms with Gasteiger partial charge in [0.1, 0.15) is 0 Å². The number of hydrogen-bond donors (Lipinski definition) is 0. The molecule has 128 valence electrons. The second-order valence-electron chi connectivity index (χ2n) is 5.62. The van der Waals surface area contributed by atoms with Crippen LogP contribution in [0.15, 0.2) is 18.2 Å². The van der Waals surface area contributed by atoms with Crippen LogP contribution in [0.25, 0.3) is 0 Å². The lowest BCUT2D eigenvalue weighted by molar-refractivity contribution is -0.244. The van der Waals surface area contributed by atoms with E-state index in [1.54, 1.807) is 4.90 Å². The van der Waals surface area contributed by atoms with E-state index >= 15 is 0 Å². The molecule has 3 nitrogen and oxygen atoms in total. The predicted molar refractivity (Wildman–Crippen MR) is 66.4 cm³/mol. The Balaban J connectivity index is 1.92. The topological polar surface area (TPSA) is 21.7 Å². The summed E-state index contributed by atoms with van der Waals surface area (Å²) in [5, 5.41) is 0. The molecule has 1 aromatic carbocycles. The van der Waals surface area contributed by atoms with Crippen LogP contribution in [0.5, 0.6) is 0 Å². The summed E-state index contributed by atoms with van der Waals surface area (Å²) in [6.07, 6.45) is -9.68. The molecular formula is C14H13F6NO2. The van der Waals surface area contributed by atoms with Crippen LogP contribution in [0, 0.1) is 0 Å². The van der Waals surface area contributed by atoms with Crippen molar-refractivity contribution >= 4 is 0 Å². The maximum Gasteiger partial charge on any atom is 0.416 e. The van der Waals surface area contributed by atoms with Gasteiger partial charge in [-0.1, -0.05) is 0 Å². The van der Waals surface area contributed by atoms with E-state index in [0.717, 1.165) is 12.1 Å². The fourth-order valence-electron chi connectivity index (χ4n) is 2.74. The van der Waals surface area contributed by atoms with Gasteiger partial charge >= 0.3 is 12.4 Å². The summed E-state index contributed by atoms with van der Waals surface area (Å²) in [7, 11) is 0. The Morgan fingerprint density at radius 1 is 0.957 bits per heavy atom. The maximum atomic E-state index is 12.9. The molecule has 0 atom stereocenters. The largest absolute Gasteiger partial charge is 0.416 e. The second-order valence-corrected chi connectivity index (χ2v) is 5.62. The Labute approximate surface area is 127 Å². The van der Waals surface area contributed by atoms with Crippen molar-refractivity contribution in [2.45, 2.75) is 24.6 Å². The van der Waals surface area contributed by atoms with Crippen LogP contribution < -0.4 is 0 Å². The minimum atomic E-state index is -4.84. The van der Waals surface area contributed by atoms with E-state index in [9.17, 15) is 26.3 Å². The highest BCUT2D eigenvalue weighted by Gasteiger charge is 2.49. The zero-order valence-corrected chi connectivity index (χ0v) is 11.8. The van der Waals surface area contributed by atoms with Gasteiger partial charge in [0.15, 0.2) is 5.72 Å². The number of hydrogen-bond acceptors (Lipinski definition) is 3. The van der Waals surface area contributed by atoms with Crippen LogP contribution in [0.1, 0.15) is 16.7 Å². The highest BCUT2D eigenvalue weighted by Crippen LogP contribution is 2.38. The molecule has 0 amide bonds. The zero-order valence-electron chi connectivity index (χ0n) is 11.8. The minimum absolute atomic E-state index is 0.0519. The fourth-order valence-corrected chi connectivity index (χ4v) is 2.74. The van der Waals surface area contributed by atoms with Crippen molar-refractivity contribution in [2.75, 3.05) is 26.4 Å². The number of halogens is 6. The van der Waals surface area contributed by atoms with Gasteiger partial charge in [0, 0.05) is 13.1 Å². The summed E-state index contributed by atoms with van der Waals surface area (Å²) in [4.78, 5) is 1.71. The Kier molecular flexibility index (Phi) is 3.85. The molecular weight excluding hydrogens is 328 g/mol. The third kappa shape index (κ3) is 3.17. The highest BCUT2D eigenvalue weighted by atomic mass is 19.4. The molecule has 3 rings (SSSR count). The van der Waals surface area contributed by atoms with E-state index in [1.807, 2.05) is 0 Å². The summed E-state index contributed by atoms with van der Waals surface area (Å²) in [6, 6.07) is 1.63. The first-order valence-corrected chi connectivity index (χ1v) is 6.85. The first-order chi connectivity index (χ1) is 10.6. The number of alkyl halides is 6. The van der Waals surface area contributed by atoms with Crippen LogP contribution in [0.4, 0.5) is 26.3 Å². The predicted octanol–water partition coefficient (Wildman–Crippen LogP) is 3.28. The molecule has 0 aromatic heterocycles. The van der Waals surface area contributed by atoms with E-state index < -0.39 is 29.2 Å². The molecule has 2 fully saturated rings. The monoisotopic (exact) mass is 341 g/mol. The van der Waals surface area contributed by atoms with Gasteiger partial charge in [-0.05, 0) is 23.8 Å². The lowest BCUT2D eigenvalue weighted by Crippen LogP contribution is -2.59. The normalized spacial score (nSPS) is 21.7. The van der Waals surface area contributed by atoms with Gasteiger partial charge in [-0.3, -0.25) is 4.90 Å². The Hall–Kier alpha value is -1.32. The van der Waals surface area contributed by atoms with Gasteiger partial charge in [-0.25, -0.2) is 0 Å². The first kappa shape index (κ1) is 16.5. The van der Waals surface area contributed by atoms with E-state index in [1.165, 1.54) is 0 Å². The van der Waals surface area contributed by atoms with E-state index in [0.29, 0.717) is 13.2 Å². The van der Waals surface area contributed by atoms with E-state index in [4.69, 9.17) is 9.47 Å². The molecule has 1 aromatic rings. The molecule has 9 heteroatoms. The van der Waals surface area contributed by atoms with Crippen molar-refractivity contribution in [3.05, 3.63) is 34.9 Å². The average molecular weight is 341 g/mol. The third-order valence-corrected chi connectivity index (χ3v) is 3.98. The Morgan fingerprint density at radius 3 is 1.96 bits per heavy atom. The van der Waals surface area contributed by atoms with Crippen LogP contribution in [-0.2, 0) is 28.4 Å². The maximum absolute atomic E-state index is 12.9. The molecule has 0 bridgehead atoms. The van der Waals surface area contributed by atoms with Crippen molar-refractivity contribution in [2.24, 2.45) is 0 Å². The van der Waals surface area contributed by atoms with Gasteiger partial charge in [-0.15, -0.1) is 0 Å². The number of rotatable bonds is 2. The third-order valence-electron chi connectivity index (χ3n) is 3.98. The molecule has 23 heavy (non-hydrogen) atoms. The molecule has 0 N–H and O–H groups in total. The van der Waals surface area contributed by atoms with Gasteiger partial charge in [0.25, 0.3) is 0 Å². The second kappa shape index (κ2) is 5.35. The quantitative estimate of drug-likeness (QED) is 0.771. The molecule has 2 saturated heterocycles. The van der Waals surface area contributed by atoms with Crippen molar-refractivity contribution in [3.63, 3.8) is 0 Å². The zero-order chi connectivity index (χ0) is 16.9. The molecule has 2 aliphatic rings. The van der Waals surface area contributed by atoms with Gasteiger partial charge in [-0.2, -0.15) is 26.3 Å². The summed E-state index contributed by atoms with van der Waals surface area (Å²) in [5.41, 5.74) is -3.38. The smallest absolute Gasteiger partial charge is 0.372 e. The lowest BCUT2D eigenvalue weighted by atomic mass is 10.0. The van der Waals surface area contributed by atoms with Gasteiger partial charge < -0.3 is 9.47 Å². The summed E-state index contributed by atoms with van der Waals surface area (Å²) < 4.78 is 87.7. The van der Waals surface area contributed by atoms with Crippen molar-refractivity contribution < 1.29 is 35.8 Å². The number of ether oxygens (including phenoxy) is 2. The fraction of sp³-hybridized carbons (Fsp3) is 0.571. The molecule has 2 aliphatic heterocycles. The SMILES string of the molecule is FC(F)(F)c1cc(CN2CCOC23COC3)cc(C(F)(F)F)c1. The molecule has 1 spiro atoms. The van der Waals surface area contributed by atoms with Crippen molar-refractivity contribution in [3.8, 4) is 0 Å². The lowest BCUT2D eigenvalue weighted by Gasteiger charge is -2.43. The Morgan fingerprint density at radius 2 is 1.52 bits per heavy atom. The Bertz CT molecular complexity index is 562. The number of benzene rings is 1. The summed E-state index contributed by atoms with van der Waals surface area (Å²) in [5.74, 6) is 0. The van der Waals surface area contributed by atoms with E-state index in [-0.39, 0.29) is 31.4 Å². The van der Waals surface area contributed by atoms with Crippen LogP contribution >= 0.6 is 0 Å². The van der Waals surface area contributed by atoms with E-state index in [2.05, 4.69) is 0 Å². The molecule has 0 radical (unpaired) electrons. The van der Waals surface area contributed by atoms with Gasteiger partial charge in [0.05, 0.1) is 30.9 Å². The van der Waals surface area contributed by atoms with Crippen molar-refractivity contribution in [1.29, 1.82) is 0 Å². The first-order valence-electron chi connectivity index (χ1n) is 6.85. The van der Waals surface area contributed by atoms with Crippen LogP contribution in [-0.4, -0.2) is 37.0 Å². The average Bonchev–Trinajstić information content (AvgIpc) is 2.80. The minimum Gasteiger partial charge on any atom is -0.372 e. The molecule has 2 heterocycles. The number of nitrogens with zero attached hydrogens (tertiary/aromatic N) is 1. The molecule has 0 aliphatic carbocycles. The standard InChI is InChI=1S/C14H13F6NO2/c15-13(16,17)10-3-9(4-11(5-10)14(18,19)20)6-21-1-2-23-12(21)7-22-8-12/h3-5H,1-2,6-8H2. The summed E-state index contributed by atoms with van der Waals surface area (Å²) in [6.45, 7) is 1.27. The van der Waals surface area contributed by atoms with Crippen molar-refractivity contribution in [1.82, 2.24) is 4.90 Å². The highest BCUT2D eigenvalue weighted by molar-refractivity contribution is 5.33. The molecule has 0 unspecified atom stereocenters.